The molecule has 0 N–H and O–H groups in total. The zero-order valence-corrected chi connectivity index (χ0v) is 11.7. The van der Waals surface area contributed by atoms with Crippen LogP contribution >= 0.6 is 0 Å². The first-order valence-corrected chi connectivity index (χ1v) is 4.27. The monoisotopic (exact) mass is 265 g/mol. The van der Waals surface area contributed by atoms with Gasteiger partial charge in [0.15, 0.2) is 0 Å². The van der Waals surface area contributed by atoms with Crippen LogP contribution in [0.2, 0.25) is 0 Å². The molecule has 73 valence electrons. The molecule has 0 saturated heterocycles. The molecule has 1 aromatic rings. The molecule has 0 aliphatic rings. The zero-order chi connectivity index (χ0) is 9.84. The number of hydrogen-bond acceptors (Lipinski definition) is 1. The molecule has 3 heteroatoms. The van der Waals surface area contributed by atoms with Gasteiger partial charge in [-0.3, -0.25) is 4.79 Å². The van der Waals surface area contributed by atoms with Gasteiger partial charge in [0.1, 0.15) is 0 Å². The normalized spacial score (nSPS) is 9.07. The number of amides is 1. The van der Waals surface area contributed by atoms with Crippen LogP contribution < -0.4 is 0 Å². The maximum atomic E-state index is 11.3. The van der Waals surface area contributed by atoms with E-state index < -0.39 is 0 Å². The Morgan fingerprint density at radius 2 is 2.07 bits per heavy atom. The fourth-order valence-electron chi connectivity index (χ4n) is 0.977. The average Bonchev–Trinajstić information content (AvgIpc) is 2.08. The van der Waals surface area contributed by atoms with Crippen LogP contribution in [0.25, 0.3) is 0 Å². The van der Waals surface area contributed by atoms with Gasteiger partial charge in [0.25, 0.3) is 0 Å². The Morgan fingerprint density at radius 1 is 1.43 bits per heavy atom. The number of hydrogen-bond donors (Lipinski definition) is 0. The van der Waals surface area contributed by atoms with E-state index in [9.17, 15) is 4.79 Å². The Labute approximate surface area is 111 Å². The van der Waals surface area contributed by atoms with Crippen LogP contribution in [0.5, 0.6) is 0 Å². The maximum Gasteiger partial charge on any atom is 0.214 e. The van der Waals surface area contributed by atoms with Crippen molar-refractivity contribution < 1.29 is 37.5 Å². The van der Waals surface area contributed by atoms with Crippen LogP contribution in [-0.2, 0) is 43.9 Å². The van der Waals surface area contributed by atoms with E-state index >= 15 is 0 Å². The van der Waals surface area contributed by atoms with E-state index in [1.54, 1.807) is 19.0 Å². The summed E-state index contributed by atoms with van der Waals surface area (Å²) in [5.74, 6) is 0.122. The van der Waals surface area contributed by atoms with E-state index in [1.165, 1.54) is 0 Å². The third kappa shape index (κ3) is 4.34. The minimum atomic E-state index is 0. The van der Waals surface area contributed by atoms with Crippen LogP contribution in [-0.4, -0.2) is 24.9 Å². The summed E-state index contributed by atoms with van der Waals surface area (Å²) in [6, 6.07) is 8.88. The summed E-state index contributed by atoms with van der Waals surface area (Å²) in [6.07, 6.45) is 0.462. The van der Waals surface area contributed by atoms with Gasteiger partial charge < -0.3 is 4.90 Å². The molecule has 0 aliphatic carbocycles. The molecule has 0 spiro atoms. The Bertz CT molecular complexity index is 293. The minimum Gasteiger partial charge on any atom is -0.349 e. The molecule has 1 rings (SSSR count). The summed E-state index contributed by atoms with van der Waals surface area (Å²) < 4.78 is 0. The number of nitrogens with zero attached hydrogens (tertiary/aromatic N) is 1. The van der Waals surface area contributed by atoms with Crippen molar-refractivity contribution in [3.63, 3.8) is 0 Å². The van der Waals surface area contributed by atoms with Crippen molar-refractivity contribution in [3.8, 4) is 0 Å². The fourth-order valence-corrected chi connectivity index (χ4v) is 0.977. The molecule has 1 aromatic carbocycles. The summed E-state index contributed by atoms with van der Waals surface area (Å²) in [5, 5.41) is 0. The van der Waals surface area contributed by atoms with Gasteiger partial charge >= 0.3 is 0 Å². The molecule has 1 amide bonds. The molecule has 14 heavy (non-hydrogen) atoms. The van der Waals surface area contributed by atoms with E-state index in [0.717, 1.165) is 11.1 Å². The van der Waals surface area contributed by atoms with Crippen molar-refractivity contribution >= 4 is 5.91 Å². The fraction of sp³-hybridized carbons (Fsp3) is 0.364. The van der Waals surface area contributed by atoms with Crippen LogP contribution in [0.3, 0.4) is 0 Å². The summed E-state index contributed by atoms with van der Waals surface area (Å²) in [6.45, 7) is 1.98. The second-order valence-electron chi connectivity index (χ2n) is 3.34. The predicted molar refractivity (Wildman–Crippen MR) is 52.4 cm³/mol. The topological polar surface area (TPSA) is 20.3 Å². The van der Waals surface area contributed by atoms with Crippen molar-refractivity contribution in [1.29, 1.82) is 0 Å². The Hall–Kier alpha value is -0.206. The Kier molecular flexibility index (Phi) is 6.22. The Balaban J connectivity index is 0.00000169. The van der Waals surface area contributed by atoms with E-state index in [-0.39, 0.29) is 38.6 Å². The van der Waals surface area contributed by atoms with E-state index in [2.05, 4.69) is 6.07 Å². The van der Waals surface area contributed by atoms with Crippen LogP contribution in [0.1, 0.15) is 11.1 Å². The first-order valence-electron chi connectivity index (χ1n) is 4.27. The third-order valence-corrected chi connectivity index (χ3v) is 1.89. The summed E-state index contributed by atoms with van der Waals surface area (Å²) in [7, 11) is 3.53. The zero-order valence-electron chi connectivity index (χ0n) is 8.87. The molecule has 2 nitrogen and oxygen atoms in total. The van der Waals surface area contributed by atoms with Gasteiger partial charge in [-0.2, -0.15) is 29.8 Å². The average molecular weight is 265 g/mol. The SMILES string of the molecule is Cc1[c-]cc(CC(=O)N(C)C)cc1.[Y]. The van der Waals surface area contributed by atoms with Gasteiger partial charge in [0.05, 0.1) is 0 Å². The second-order valence-corrected chi connectivity index (χ2v) is 3.34. The third-order valence-electron chi connectivity index (χ3n) is 1.89. The number of aryl methyl sites for hydroxylation is 1. The van der Waals surface area contributed by atoms with Crippen molar-refractivity contribution in [2.24, 2.45) is 0 Å². The number of likely N-dealkylation sites (N-methyl/N-ethyl adjacent to an activating group) is 1. The number of benzene rings is 1. The largest absolute Gasteiger partial charge is 0.349 e. The van der Waals surface area contributed by atoms with Crippen LogP contribution in [0, 0.1) is 13.0 Å². The molecule has 0 atom stereocenters. The van der Waals surface area contributed by atoms with Gasteiger partial charge in [-0.15, -0.1) is 5.56 Å². The van der Waals surface area contributed by atoms with Crippen molar-refractivity contribution in [3.05, 3.63) is 35.4 Å². The van der Waals surface area contributed by atoms with Crippen LogP contribution in [0.4, 0.5) is 0 Å². The maximum absolute atomic E-state index is 11.3. The van der Waals surface area contributed by atoms with Crippen LogP contribution in [0.15, 0.2) is 18.2 Å². The second kappa shape index (κ2) is 6.31. The molecule has 0 aromatic heterocycles. The van der Waals surface area contributed by atoms with Gasteiger partial charge in [-0.25, -0.2) is 0 Å². The molecule has 0 fully saturated rings. The van der Waals surface area contributed by atoms with Crippen molar-refractivity contribution in [1.82, 2.24) is 4.90 Å². The standard InChI is InChI=1S/C11H14NO.Y/c1-9-4-6-10(7-5-9)8-11(13)12(2)3;/h4,6-7H,8H2,1-3H3;/q-1;. The van der Waals surface area contributed by atoms with E-state index in [1.807, 2.05) is 25.1 Å². The molecule has 0 unspecified atom stereocenters. The molecule has 0 aliphatic heterocycles. The molecule has 0 bridgehead atoms. The number of carbonyl (C=O) groups is 1. The molecular weight excluding hydrogens is 251 g/mol. The molecule has 0 heterocycles. The number of rotatable bonds is 2. The predicted octanol–water partition coefficient (Wildman–Crippen LogP) is 1.42. The smallest absolute Gasteiger partial charge is 0.214 e. The van der Waals surface area contributed by atoms with Crippen molar-refractivity contribution in [2.45, 2.75) is 13.3 Å². The summed E-state index contributed by atoms with van der Waals surface area (Å²) in [5.41, 5.74) is 2.12. The summed E-state index contributed by atoms with van der Waals surface area (Å²) in [4.78, 5) is 12.9. The number of carbonyl (C=O) groups excluding carboxylic acids is 1. The van der Waals surface area contributed by atoms with E-state index in [4.69, 9.17) is 0 Å². The van der Waals surface area contributed by atoms with Gasteiger partial charge in [-0.05, 0) is 0 Å². The van der Waals surface area contributed by atoms with Gasteiger partial charge in [-0.1, -0.05) is 6.92 Å². The first-order chi connectivity index (χ1) is 6.09. The van der Waals surface area contributed by atoms with Gasteiger partial charge in [0.2, 0.25) is 5.91 Å². The first kappa shape index (κ1) is 13.8. The molecule has 1 radical (unpaired) electrons. The Morgan fingerprint density at radius 3 is 2.50 bits per heavy atom. The van der Waals surface area contributed by atoms with E-state index in [0.29, 0.717) is 6.42 Å². The van der Waals surface area contributed by atoms with Gasteiger partial charge in [0, 0.05) is 53.2 Å². The van der Waals surface area contributed by atoms with Crippen molar-refractivity contribution in [2.75, 3.05) is 14.1 Å². The minimum absolute atomic E-state index is 0. The summed E-state index contributed by atoms with van der Waals surface area (Å²) >= 11 is 0. The molecule has 0 saturated carbocycles. The quantitative estimate of drug-likeness (QED) is 0.741. The molecular formula is C11H14NOY-.